The number of hydrogen-bond donors (Lipinski definition) is 1. The fourth-order valence-electron chi connectivity index (χ4n) is 2.68. The lowest BCUT2D eigenvalue weighted by atomic mass is 9.80. The summed E-state index contributed by atoms with van der Waals surface area (Å²) in [6, 6.07) is 1.27. The van der Waals surface area contributed by atoms with Gasteiger partial charge in [0.15, 0.2) is 0 Å². The second-order valence-corrected chi connectivity index (χ2v) is 5.14. The van der Waals surface area contributed by atoms with E-state index < -0.39 is 0 Å². The van der Waals surface area contributed by atoms with Gasteiger partial charge in [-0.15, -0.1) is 0 Å². The SMILES string of the molecule is CC1CC(NC(C)C2CCC2)C(C)O1. The molecule has 2 heteroatoms. The van der Waals surface area contributed by atoms with E-state index in [4.69, 9.17) is 4.74 Å². The number of ether oxygens (including phenoxy) is 1. The number of rotatable bonds is 3. The molecule has 1 saturated carbocycles. The molecule has 0 spiro atoms. The molecule has 2 fully saturated rings. The zero-order valence-electron chi connectivity index (χ0n) is 9.62. The molecule has 4 atom stereocenters. The molecule has 1 heterocycles. The van der Waals surface area contributed by atoms with Gasteiger partial charge in [-0.25, -0.2) is 0 Å². The van der Waals surface area contributed by atoms with Gasteiger partial charge < -0.3 is 10.1 Å². The van der Waals surface area contributed by atoms with Crippen LogP contribution in [0.1, 0.15) is 46.5 Å². The Morgan fingerprint density at radius 2 is 2.00 bits per heavy atom. The summed E-state index contributed by atoms with van der Waals surface area (Å²) < 4.78 is 5.74. The van der Waals surface area contributed by atoms with Crippen LogP contribution in [0.2, 0.25) is 0 Å². The van der Waals surface area contributed by atoms with Crippen molar-refractivity contribution in [2.24, 2.45) is 5.92 Å². The van der Waals surface area contributed by atoms with Crippen LogP contribution in [0.5, 0.6) is 0 Å². The summed E-state index contributed by atoms with van der Waals surface area (Å²) in [5, 5.41) is 3.74. The van der Waals surface area contributed by atoms with Crippen molar-refractivity contribution >= 4 is 0 Å². The monoisotopic (exact) mass is 197 g/mol. The van der Waals surface area contributed by atoms with Crippen LogP contribution < -0.4 is 5.32 Å². The number of nitrogens with one attached hydrogen (secondary N) is 1. The quantitative estimate of drug-likeness (QED) is 0.750. The van der Waals surface area contributed by atoms with E-state index in [0.717, 1.165) is 5.92 Å². The molecule has 0 aromatic carbocycles. The molecule has 1 aliphatic heterocycles. The molecule has 2 aliphatic rings. The lowest BCUT2D eigenvalue weighted by Crippen LogP contribution is -2.45. The summed E-state index contributed by atoms with van der Waals surface area (Å²) in [6.45, 7) is 6.69. The minimum absolute atomic E-state index is 0.396. The summed E-state index contributed by atoms with van der Waals surface area (Å²) in [6.07, 6.45) is 6.29. The van der Waals surface area contributed by atoms with Crippen molar-refractivity contribution in [3.63, 3.8) is 0 Å². The maximum absolute atomic E-state index is 5.74. The van der Waals surface area contributed by atoms with Crippen molar-refractivity contribution in [3.05, 3.63) is 0 Å². The van der Waals surface area contributed by atoms with Crippen LogP contribution in [0, 0.1) is 5.92 Å². The second-order valence-electron chi connectivity index (χ2n) is 5.14. The summed E-state index contributed by atoms with van der Waals surface area (Å²) in [4.78, 5) is 0. The minimum atomic E-state index is 0.396. The van der Waals surface area contributed by atoms with Gasteiger partial charge in [-0.3, -0.25) is 0 Å². The van der Waals surface area contributed by atoms with E-state index in [0.29, 0.717) is 24.3 Å². The highest BCUT2D eigenvalue weighted by Crippen LogP contribution is 2.30. The summed E-state index contributed by atoms with van der Waals surface area (Å²) in [5.74, 6) is 0.929. The Bertz CT molecular complexity index is 191. The fraction of sp³-hybridized carbons (Fsp3) is 1.00. The van der Waals surface area contributed by atoms with Gasteiger partial charge >= 0.3 is 0 Å². The third-order valence-electron chi connectivity index (χ3n) is 3.93. The molecule has 82 valence electrons. The van der Waals surface area contributed by atoms with E-state index >= 15 is 0 Å². The largest absolute Gasteiger partial charge is 0.374 e. The molecule has 0 amide bonds. The van der Waals surface area contributed by atoms with Crippen molar-refractivity contribution < 1.29 is 4.74 Å². The molecule has 1 saturated heterocycles. The van der Waals surface area contributed by atoms with Gasteiger partial charge in [-0.1, -0.05) is 6.42 Å². The first-order valence-electron chi connectivity index (χ1n) is 6.08. The van der Waals surface area contributed by atoms with Gasteiger partial charge in [0.2, 0.25) is 0 Å². The van der Waals surface area contributed by atoms with Crippen molar-refractivity contribution in [1.82, 2.24) is 5.32 Å². The van der Waals surface area contributed by atoms with Crippen LogP contribution >= 0.6 is 0 Å². The fourth-order valence-corrected chi connectivity index (χ4v) is 2.68. The molecule has 1 aliphatic carbocycles. The van der Waals surface area contributed by atoms with E-state index in [-0.39, 0.29) is 0 Å². The van der Waals surface area contributed by atoms with Crippen LogP contribution in [0.3, 0.4) is 0 Å². The van der Waals surface area contributed by atoms with Crippen LogP contribution in [0.4, 0.5) is 0 Å². The normalized spacial score (nSPS) is 40.9. The summed E-state index contributed by atoms with van der Waals surface area (Å²) in [5.41, 5.74) is 0. The topological polar surface area (TPSA) is 21.3 Å². The van der Waals surface area contributed by atoms with E-state index in [1.165, 1.54) is 25.7 Å². The van der Waals surface area contributed by atoms with E-state index in [2.05, 4.69) is 26.1 Å². The smallest absolute Gasteiger partial charge is 0.0704 e. The standard InChI is InChI=1S/C12H23NO/c1-8-7-12(10(3)14-8)13-9(2)11-5-4-6-11/h8-13H,4-7H2,1-3H3. The van der Waals surface area contributed by atoms with Gasteiger partial charge in [0.1, 0.15) is 0 Å². The highest BCUT2D eigenvalue weighted by Gasteiger charge is 2.32. The van der Waals surface area contributed by atoms with E-state index in [9.17, 15) is 0 Å². The van der Waals surface area contributed by atoms with Crippen molar-refractivity contribution in [3.8, 4) is 0 Å². The predicted octanol–water partition coefficient (Wildman–Crippen LogP) is 2.33. The van der Waals surface area contributed by atoms with Crippen LogP contribution in [-0.4, -0.2) is 24.3 Å². The molecule has 0 bridgehead atoms. The lowest BCUT2D eigenvalue weighted by Gasteiger charge is -2.34. The zero-order chi connectivity index (χ0) is 10.1. The Morgan fingerprint density at radius 1 is 1.29 bits per heavy atom. The third kappa shape index (κ3) is 2.12. The van der Waals surface area contributed by atoms with Gasteiger partial charge in [-0.05, 0) is 46.0 Å². The average molecular weight is 197 g/mol. The number of hydrogen-bond acceptors (Lipinski definition) is 2. The Kier molecular flexibility index (Phi) is 3.13. The molecule has 4 unspecified atom stereocenters. The molecule has 0 radical (unpaired) electrons. The minimum Gasteiger partial charge on any atom is -0.374 e. The molecule has 2 rings (SSSR count). The Morgan fingerprint density at radius 3 is 2.43 bits per heavy atom. The molecular formula is C12H23NO. The predicted molar refractivity (Wildman–Crippen MR) is 58.4 cm³/mol. The molecule has 0 aromatic rings. The average Bonchev–Trinajstić information content (AvgIpc) is 2.26. The van der Waals surface area contributed by atoms with Crippen molar-refractivity contribution in [2.45, 2.75) is 70.7 Å². The van der Waals surface area contributed by atoms with Crippen LogP contribution in [-0.2, 0) is 4.74 Å². The first kappa shape index (κ1) is 10.4. The second kappa shape index (κ2) is 4.19. The third-order valence-corrected chi connectivity index (χ3v) is 3.93. The van der Waals surface area contributed by atoms with Crippen LogP contribution in [0.15, 0.2) is 0 Å². The molecule has 2 nitrogen and oxygen atoms in total. The molecule has 1 N–H and O–H groups in total. The Hall–Kier alpha value is -0.0800. The molecule has 0 aromatic heterocycles. The lowest BCUT2D eigenvalue weighted by molar-refractivity contribution is 0.0578. The first-order valence-corrected chi connectivity index (χ1v) is 6.08. The highest BCUT2D eigenvalue weighted by molar-refractivity contribution is 4.88. The van der Waals surface area contributed by atoms with Gasteiger partial charge in [0.25, 0.3) is 0 Å². The van der Waals surface area contributed by atoms with Gasteiger partial charge in [-0.2, -0.15) is 0 Å². The maximum atomic E-state index is 5.74. The van der Waals surface area contributed by atoms with Crippen molar-refractivity contribution in [1.29, 1.82) is 0 Å². The Balaban J connectivity index is 1.78. The molecule has 14 heavy (non-hydrogen) atoms. The summed E-state index contributed by atoms with van der Waals surface area (Å²) >= 11 is 0. The van der Waals surface area contributed by atoms with Gasteiger partial charge in [0, 0.05) is 12.1 Å². The Labute approximate surface area is 87.4 Å². The van der Waals surface area contributed by atoms with E-state index in [1.807, 2.05) is 0 Å². The maximum Gasteiger partial charge on any atom is 0.0704 e. The molecular weight excluding hydrogens is 174 g/mol. The zero-order valence-corrected chi connectivity index (χ0v) is 9.62. The first-order chi connectivity index (χ1) is 6.66. The van der Waals surface area contributed by atoms with E-state index in [1.54, 1.807) is 0 Å². The van der Waals surface area contributed by atoms with Gasteiger partial charge in [0.05, 0.1) is 12.2 Å². The highest BCUT2D eigenvalue weighted by atomic mass is 16.5. The summed E-state index contributed by atoms with van der Waals surface area (Å²) in [7, 11) is 0. The van der Waals surface area contributed by atoms with Crippen molar-refractivity contribution in [2.75, 3.05) is 0 Å². The van der Waals surface area contributed by atoms with Crippen LogP contribution in [0.25, 0.3) is 0 Å².